The van der Waals surface area contributed by atoms with Crippen molar-refractivity contribution in [1.29, 1.82) is 0 Å². The lowest BCUT2D eigenvalue weighted by Gasteiger charge is -2.21. The highest BCUT2D eigenvalue weighted by molar-refractivity contribution is 7.53. The first-order valence-electron chi connectivity index (χ1n) is 5.01. The van der Waals surface area contributed by atoms with Crippen molar-refractivity contribution in [2.24, 2.45) is 5.92 Å². The van der Waals surface area contributed by atoms with Gasteiger partial charge < -0.3 is 14.2 Å². The maximum Gasteiger partial charge on any atom is 0.333 e. The molecular weight excluding hydrogens is 203 g/mol. The van der Waals surface area contributed by atoms with Crippen LogP contribution in [0.2, 0.25) is 0 Å². The standard InChI is InChI=1S/C9H21O4P/c1-5-12-14(11,13-6-2)7-9(10)8(3)4/h8-10H,5-7H2,1-4H3. The fraction of sp³-hybridized carbons (Fsp3) is 1.00. The molecule has 0 aromatic heterocycles. The van der Waals surface area contributed by atoms with E-state index >= 15 is 0 Å². The Morgan fingerprint density at radius 3 is 1.93 bits per heavy atom. The van der Waals surface area contributed by atoms with E-state index in [0.29, 0.717) is 13.2 Å². The van der Waals surface area contributed by atoms with Gasteiger partial charge in [-0.05, 0) is 19.8 Å². The van der Waals surface area contributed by atoms with Gasteiger partial charge in [0.1, 0.15) is 0 Å². The molecule has 0 rings (SSSR count). The molecule has 1 atom stereocenters. The lowest BCUT2D eigenvalue weighted by atomic mass is 10.1. The number of aliphatic hydroxyl groups excluding tert-OH is 1. The zero-order valence-corrected chi connectivity index (χ0v) is 10.3. The van der Waals surface area contributed by atoms with E-state index in [2.05, 4.69) is 0 Å². The average Bonchev–Trinajstić information content (AvgIpc) is 2.04. The van der Waals surface area contributed by atoms with Crippen LogP contribution < -0.4 is 0 Å². The Morgan fingerprint density at radius 1 is 1.21 bits per heavy atom. The second-order valence-corrected chi connectivity index (χ2v) is 5.54. The van der Waals surface area contributed by atoms with E-state index in [-0.39, 0.29) is 12.1 Å². The molecule has 1 unspecified atom stereocenters. The zero-order chi connectivity index (χ0) is 11.2. The lowest BCUT2D eigenvalue weighted by Crippen LogP contribution is -2.21. The van der Waals surface area contributed by atoms with Crippen molar-refractivity contribution >= 4 is 7.60 Å². The monoisotopic (exact) mass is 224 g/mol. The van der Waals surface area contributed by atoms with Crippen LogP contribution in [0.3, 0.4) is 0 Å². The molecule has 86 valence electrons. The molecule has 5 heteroatoms. The minimum absolute atomic E-state index is 0.0595. The van der Waals surface area contributed by atoms with Gasteiger partial charge in [0.25, 0.3) is 0 Å². The summed E-state index contributed by atoms with van der Waals surface area (Å²) in [5.41, 5.74) is 0. The Kier molecular flexibility index (Phi) is 6.62. The van der Waals surface area contributed by atoms with Crippen LogP contribution in [0.1, 0.15) is 27.7 Å². The van der Waals surface area contributed by atoms with Crippen molar-refractivity contribution in [3.8, 4) is 0 Å². The van der Waals surface area contributed by atoms with E-state index in [4.69, 9.17) is 9.05 Å². The molecule has 0 radical (unpaired) electrons. The summed E-state index contributed by atoms with van der Waals surface area (Å²) in [4.78, 5) is 0. The third kappa shape index (κ3) is 5.11. The molecular formula is C9H21O4P. The molecule has 0 aromatic rings. The van der Waals surface area contributed by atoms with Crippen molar-refractivity contribution in [3.05, 3.63) is 0 Å². The van der Waals surface area contributed by atoms with Gasteiger partial charge in [-0.1, -0.05) is 13.8 Å². The fourth-order valence-electron chi connectivity index (χ4n) is 0.976. The Labute approximate surface area is 86.1 Å². The molecule has 0 fully saturated rings. The van der Waals surface area contributed by atoms with Gasteiger partial charge in [0.05, 0.1) is 25.5 Å². The molecule has 1 N–H and O–H groups in total. The smallest absolute Gasteiger partial charge is 0.333 e. The fourth-order valence-corrected chi connectivity index (χ4v) is 2.93. The van der Waals surface area contributed by atoms with E-state index in [1.54, 1.807) is 13.8 Å². The Morgan fingerprint density at radius 2 is 1.64 bits per heavy atom. The highest BCUT2D eigenvalue weighted by Crippen LogP contribution is 2.49. The number of aliphatic hydroxyl groups is 1. The van der Waals surface area contributed by atoms with Crippen molar-refractivity contribution < 1.29 is 18.7 Å². The summed E-state index contributed by atoms with van der Waals surface area (Å²) in [6.45, 7) is 7.92. The van der Waals surface area contributed by atoms with Crippen LogP contribution in [0.25, 0.3) is 0 Å². The minimum atomic E-state index is -3.08. The second kappa shape index (κ2) is 6.57. The molecule has 0 aliphatic rings. The molecule has 0 saturated heterocycles. The summed E-state index contributed by atoms with van der Waals surface area (Å²) in [6.07, 6.45) is -0.564. The summed E-state index contributed by atoms with van der Waals surface area (Å²) < 4.78 is 22.1. The van der Waals surface area contributed by atoms with Crippen LogP contribution in [0.5, 0.6) is 0 Å². The van der Waals surface area contributed by atoms with Gasteiger partial charge in [0.2, 0.25) is 0 Å². The number of hydrogen-bond donors (Lipinski definition) is 1. The van der Waals surface area contributed by atoms with Crippen LogP contribution in [0.15, 0.2) is 0 Å². The van der Waals surface area contributed by atoms with Crippen LogP contribution in [0, 0.1) is 5.92 Å². The lowest BCUT2D eigenvalue weighted by molar-refractivity contribution is 0.131. The van der Waals surface area contributed by atoms with Crippen LogP contribution in [-0.2, 0) is 13.6 Å². The Balaban J connectivity index is 4.28. The first-order chi connectivity index (χ1) is 6.45. The highest BCUT2D eigenvalue weighted by atomic mass is 31.2. The van der Waals surface area contributed by atoms with Crippen LogP contribution >= 0.6 is 7.60 Å². The van der Waals surface area contributed by atoms with Crippen molar-refractivity contribution in [2.45, 2.75) is 33.8 Å². The Hall–Kier alpha value is 0.110. The van der Waals surface area contributed by atoms with Crippen LogP contribution in [0.4, 0.5) is 0 Å². The SMILES string of the molecule is CCOP(=O)(CC(O)C(C)C)OCC. The van der Waals surface area contributed by atoms with Crippen molar-refractivity contribution in [3.63, 3.8) is 0 Å². The largest absolute Gasteiger partial charge is 0.392 e. The summed E-state index contributed by atoms with van der Waals surface area (Å²) in [5, 5.41) is 9.58. The number of rotatable bonds is 7. The van der Waals surface area contributed by atoms with Crippen molar-refractivity contribution in [1.82, 2.24) is 0 Å². The van der Waals surface area contributed by atoms with Gasteiger partial charge in [-0.25, -0.2) is 0 Å². The molecule has 0 spiro atoms. The molecule has 0 amide bonds. The molecule has 14 heavy (non-hydrogen) atoms. The van der Waals surface area contributed by atoms with E-state index in [1.807, 2.05) is 13.8 Å². The molecule has 4 nitrogen and oxygen atoms in total. The first-order valence-corrected chi connectivity index (χ1v) is 6.74. The molecule has 0 bridgehead atoms. The maximum absolute atomic E-state index is 11.9. The predicted octanol–water partition coefficient (Wildman–Crippen LogP) is 2.27. The average molecular weight is 224 g/mol. The van der Waals surface area contributed by atoms with Crippen LogP contribution in [-0.4, -0.2) is 30.6 Å². The number of hydrogen-bond acceptors (Lipinski definition) is 4. The van der Waals surface area contributed by atoms with E-state index in [0.717, 1.165) is 0 Å². The van der Waals surface area contributed by atoms with E-state index < -0.39 is 13.7 Å². The highest BCUT2D eigenvalue weighted by Gasteiger charge is 2.28. The third-order valence-electron chi connectivity index (χ3n) is 1.83. The van der Waals surface area contributed by atoms with Gasteiger partial charge in [0, 0.05) is 0 Å². The molecule has 0 saturated carbocycles. The van der Waals surface area contributed by atoms with E-state index in [9.17, 15) is 9.67 Å². The van der Waals surface area contributed by atoms with Gasteiger partial charge in [-0.2, -0.15) is 0 Å². The Bertz CT molecular complexity index is 183. The topological polar surface area (TPSA) is 55.8 Å². The van der Waals surface area contributed by atoms with Crippen molar-refractivity contribution in [2.75, 3.05) is 19.4 Å². The summed E-state index contributed by atoms with van der Waals surface area (Å²) in [5.74, 6) is 0.0595. The summed E-state index contributed by atoms with van der Waals surface area (Å²) in [6, 6.07) is 0. The summed E-state index contributed by atoms with van der Waals surface area (Å²) >= 11 is 0. The molecule has 0 heterocycles. The summed E-state index contributed by atoms with van der Waals surface area (Å²) in [7, 11) is -3.08. The molecule has 0 aliphatic heterocycles. The molecule has 0 aliphatic carbocycles. The van der Waals surface area contributed by atoms with Gasteiger partial charge in [-0.15, -0.1) is 0 Å². The minimum Gasteiger partial charge on any atom is -0.392 e. The molecule has 0 aromatic carbocycles. The third-order valence-corrected chi connectivity index (χ3v) is 3.96. The zero-order valence-electron chi connectivity index (χ0n) is 9.40. The van der Waals surface area contributed by atoms with E-state index in [1.165, 1.54) is 0 Å². The maximum atomic E-state index is 11.9. The normalized spacial score (nSPS) is 14.7. The van der Waals surface area contributed by atoms with Gasteiger partial charge >= 0.3 is 7.60 Å². The second-order valence-electron chi connectivity index (χ2n) is 3.44. The first kappa shape index (κ1) is 14.1. The predicted molar refractivity (Wildman–Crippen MR) is 56.6 cm³/mol. The van der Waals surface area contributed by atoms with Gasteiger partial charge in [0.15, 0.2) is 0 Å². The van der Waals surface area contributed by atoms with Gasteiger partial charge in [-0.3, -0.25) is 4.57 Å². The quantitative estimate of drug-likeness (QED) is 0.674.